The molecule has 0 aliphatic heterocycles. The normalized spacial score (nSPS) is 11.7. The number of amides is 1. The van der Waals surface area contributed by atoms with Gasteiger partial charge in [0, 0.05) is 31.4 Å². The molecular weight excluding hydrogens is 445 g/mol. The highest BCUT2D eigenvalue weighted by Crippen LogP contribution is 2.26. The molecule has 176 valence electrons. The summed E-state index contributed by atoms with van der Waals surface area (Å²) in [6.07, 6.45) is 4.63. The van der Waals surface area contributed by atoms with Crippen molar-refractivity contribution < 1.29 is 21.8 Å². The van der Waals surface area contributed by atoms with Crippen LogP contribution < -0.4 is 0 Å². The summed E-state index contributed by atoms with van der Waals surface area (Å²) in [5, 5.41) is 0. The van der Waals surface area contributed by atoms with E-state index in [1.54, 1.807) is 53.3 Å². The van der Waals surface area contributed by atoms with Crippen molar-refractivity contribution in [3.63, 3.8) is 0 Å². The number of rotatable bonds is 9. The van der Waals surface area contributed by atoms with E-state index in [1.165, 1.54) is 6.07 Å². The van der Waals surface area contributed by atoms with Gasteiger partial charge in [0.15, 0.2) is 0 Å². The van der Waals surface area contributed by atoms with E-state index < -0.39 is 10.1 Å². The minimum Gasteiger partial charge on any atom is -0.340 e. The van der Waals surface area contributed by atoms with Gasteiger partial charge in [-0.2, -0.15) is 8.42 Å². The van der Waals surface area contributed by atoms with Crippen molar-refractivity contribution in [1.29, 1.82) is 0 Å². The van der Waals surface area contributed by atoms with E-state index in [-0.39, 0.29) is 24.4 Å². The summed E-state index contributed by atoms with van der Waals surface area (Å²) >= 11 is 0. The van der Waals surface area contributed by atoms with Gasteiger partial charge in [-0.15, -0.1) is 0 Å². The van der Waals surface area contributed by atoms with Crippen LogP contribution in [-0.2, 0) is 34.3 Å². The third kappa shape index (κ3) is 6.72. The largest absolute Gasteiger partial charge is 0.340 e. The van der Waals surface area contributed by atoms with Crippen LogP contribution in [0.2, 0.25) is 0 Å². The number of nitrogens with zero attached hydrogens (tertiary/aromatic N) is 3. The van der Waals surface area contributed by atoms with Crippen molar-refractivity contribution in [2.75, 3.05) is 12.9 Å². The molecule has 9 heteroatoms. The van der Waals surface area contributed by atoms with Crippen LogP contribution in [0, 0.1) is 5.82 Å². The van der Waals surface area contributed by atoms with Crippen molar-refractivity contribution >= 4 is 16.0 Å². The summed E-state index contributed by atoms with van der Waals surface area (Å²) in [6, 6.07) is 12.0. The maximum absolute atomic E-state index is 14.7. The Hall–Kier alpha value is -3.04. The van der Waals surface area contributed by atoms with E-state index in [0.29, 0.717) is 29.8 Å². The molecule has 0 bridgehead atoms. The molecule has 1 aromatic heterocycles. The predicted molar refractivity (Wildman–Crippen MR) is 125 cm³/mol. The topological polar surface area (TPSA) is 81.5 Å². The van der Waals surface area contributed by atoms with Crippen LogP contribution in [0.1, 0.15) is 35.5 Å². The Balaban J connectivity index is 1.83. The van der Waals surface area contributed by atoms with Crippen LogP contribution in [0.5, 0.6) is 0 Å². The highest BCUT2D eigenvalue weighted by molar-refractivity contribution is 7.85. The van der Waals surface area contributed by atoms with Crippen LogP contribution in [0.25, 0.3) is 11.1 Å². The average molecular weight is 474 g/mol. The second-order valence-electron chi connectivity index (χ2n) is 8.24. The Bertz CT molecular complexity index is 1240. The van der Waals surface area contributed by atoms with Crippen LogP contribution in [0.4, 0.5) is 4.39 Å². The minimum absolute atomic E-state index is 0.0176. The fraction of sp³-hybridized carbons (Fsp3) is 0.333. The first-order valence-electron chi connectivity index (χ1n) is 10.5. The molecule has 7 nitrogen and oxygen atoms in total. The van der Waals surface area contributed by atoms with Gasteiger partial charge in [0.2, 0.25) is 0 Å². The standard InChI is InChI=1S/C24H28FN3O4S/c1-17(2)28(24(29)23-15-27(3)16-26-23)14-19-8-9-22(25)21(13-19)20-7-5-6-18(12-20)10-11-32-33(4,30)31/h5-9,12-13,15-17H,10-11,14H2,1-4H3. The summed E-state index contributed by atoms with van der Waals surface area (Å²) in [5.74, 6) is -0.570. The Morgan fingerprint density at radius 2 is 1.94 bits per heavy atom. The molecule has 0 aliphatic carbocycles. The van der Waals surface area contributed by atoms with Crippen molar-refractivity contribution in [2.24, 2.45) is 7.05 Å². The lowest BCUT2D eigenvalue weighted by atomic mass is 9.99. The molecular formula is C24H28FN3O4S. The number of imidazole rings is 1. The van der Waals surface area contributed by atoms with Gasteiger partial charge in [0.25, 0.3) is 16.0 Å². The average Bonchev–Trinajstić information content (AvgIpc) is 3.18. The molecule has 1 heterocycles. The van der Waals surface area contributed by atoms with E-state index in [9.17, 15) is 17.6 Å². The molecule has 0 saturated carbocycles. The summed E-state index contributed by atoms with van der Waals surface area (Å²) < 4.78 is 43.6. The summed E-state index contributed by atoms with van der Waals surface area (Å²) in [4.78, 5) is 18.8. The van der Waals surface area contributed by atoms with Crippen LogP contribution in [0.15, 0.2) is 55.0 Å². The van der Waals surface area contributed by atoms with Gasteiger partial charge < -0.3 is 9.47 Å². The second-order valence-corrected chi connectivity index (χ2v) is 9.89. The van der Waals surface area contributed by atoms with Gasteiger partial charge in [-0.25, -0.2) is 9.37 Å². The number of carbonyl (C=O) groups excluding carboxylic acids is 1. The third-order valence-electron chi connectivity index (χ3n) is 5.12. The Labute approximate surface area is 194 Å². The van der Waals surface area contributed by atoms with E-state index in [1.807, 2.05) is 26.0 Å². The number of carbonyl (C=O) groups is 1. The number of halogens is 1. The Morgan fingerprint density at radius 3 is 2.58 bits per heavy atom. The monoisotopic (exact) mass is 473 g/mol. The van der Waals surface area contributed by atoms with Gasteiger partial charge in [-0.1, -0.05) is 30.3 Å². The van der Waals surface area contributed by atoms with Gasteiger partial charge in [-0.3, -0.25) is 8.98 Å². The second kappa shape index (κ2) is 10.3. The van der Waals surface area contributed by atoms with E-state index >= 15 is 0 Å². The third-order valence-corrected chi connectivity index (χ3v) is 5.71. The molecule has 3 rings (SSSR count). The molecule has 0 spiro atoms. The number of hydrogen-bond acceptors (Lipinski definition) is 5. The van der Waals surface area contributed by atoms with Gasteiger partial charge in [0.1, 0.15) is 11.5 Å². The number of benzene rings is 2. The lowest BCUT2D eigenvalue weighted by molar-refractivity contribution is 0.0684. The van der Waals surface area contributed by atoms with Crippen LogP contribution in [-0.4, -0.2) is 47.7 Å². The highest BCUT2D eigenvalue weighted by Gasteiger charge is 2.21. The fourth-order valence-corrected chi connectivity index (χ4v) is 3.84. The summed E-state index contributed by atoms with van der Waals surface area (Å²) in [7, 11) is -1.71. The molecule has 0 N–H and O–H groups in total. The lowest BCUT2D eigenvalue weighted by Crippen LogP contribution is -2.36. The fourth-order valence-electron chi connectivity index (χ4n) is 3.45. The summed E-state index contributed by atoms with van der Waals surface area (Å²) in [5.41, 5.74) is 3.05. The SMILES string of the molecule is CC(C)N(Cc1ccc(F)c(-c2cccc(CCOS(C)(=O)=O)c2)c1)C(=O)c1cn(C)cn1. The smallest absolute Gasteiger partial charge is 0.274 e. The molecule has 0 unspecified atom stereocenters. The first kappa shape index (κ1) is 24.6. The van der Waals surface area contributed by atoms with Gasteiger partial charge >= 0.3 is 0 Å². The van der Waals surface area contributed by atoms with E-state index in [2.05, 4.69) is 4.98 Å². The maximum Gasteiger partial charge on any atom is 0.274 e. The van der Waals surface area contributed by atoms with Crippen molar-refractivity contribution in [3.05, 3.63) is 77.6 Å². The first-order chi connectivity index (χ1) is 15.5. The number of aromatic nitrogens is 2. The zero-order chi connectivity index (χ0) is 24.2. The molecule has 0 atom stereocenters. The van der Waals surface area contributed by atoms with Gasteiger partial charge in [-0.05, 0) is 49.1 Å². The van der Waals surface area contributed by atoms with E-state index in [4.69, 9.17) is 4.18 Å². The first-order valence-corrected chi connectivity index (χ1v) is 12.4. The molecule has 0 radical (unpaired) electrons. The molecule has 1 amide bonds. The lowest BCUT2D eigenvalue weighted by Gasteiger charge is -2.26. The summed E-state index contributed by atoms with van der Waals surface area (Å²) in [6.45, 7) is 4.17. The highest BCUT2D eigenvalue weighted by atomic mass is 32.2. The minimum atomic E-state index is -3.51. The molecule has 3 aromatic rings. The van der Waals surface area contributed by atoms with Crippen molar-refractivity contribution in [1.82, 2.24) is 14.5 Å². The van der Waals surface area contributed by atoms with Crippen molar-refractivity contribution in [2.45, 2.75) is 32.9 Å². The van der Waals surface area contributed by atoms with Crippen molar-refractivity contribution in [3.8, 4) is 11.1 Å². The van der Waals surface area contributed by atoms with Gasteiger partial charge in [0.05, 0.1) is 19.2 Å². The molecule has 2 aromatic carbocycles. The number of hydrogen-bond donors (Lipinski definition) is 0. The van der Waals surface area contributed by atoms with Crippen LogP contribution in [0.3, 0.4) is 0 Å². The maximum atomic E-state index is 14.7. The zero-order valence-electron chi connectivity index (χ0n) is 19.2. The molecule has 33 heavy (non-hydrogen) atoms. The van der Waals surface area contributed by atoms with Crippen LogP contribution >= 0.6 is 0 Å². The predicted octanol–water partition coefficient (Wildman–Crippen LogP) is 3.80. The number of aryl methyl sites for hydroxylation is 1. The zero-order valence-corrected chi connectivity index (χ0v) is 20.0. The Kier molecular flexibility index (Phi) is 7.65. The molecule has 0 fully saturated rings. The quantitative estimate of drug-likeness (QED) is 0.442. The molecule has 0 saturated heterocycles. The Morgan fingerprint density at radius 1 is 1.18 bits per heavy atom. The molecule has 0 aliphatic rings. The van der Waals surface area contributed by atoms with E-state index in [0.717, 1.165) is 17.4 Å².